The van der Waals surface area contributed by atoms with Crippen LogP contribution in [0, 0.1) is 11.3 Å². The van der Waals surface area contributed by atoms with E-state index < -0.39 is 0 Å². The monoisotopic (exact) mass is 511 g/mol. The number of hydrogen-bond donors (Lipinski definition) is 1. The van der Waals surface area contributed by atoms with Gasteiger partial charge in [0.25, 0.3) is 5.91 Å². The third-order valence-corrected chi connectivity index (χ3v) is 8.20. The fraction of sp³-hybridized carbons (Fsp3) is 0.179. The van der Waals surface area contributed by atoms with Crippen LogP contribution in [0.25, 0.3) is 0 Å². The Hall–Kier alpha value is -3.67. The molecule has 36 heavy (non-hydrogen) atoms. The summed E-state index contributed by atoms with van der Waals surface area (Å²) in [6.07, 6.45) is 0. The molecule has 1 N–H and O–H groups in total. The van der Waals surface area contributed by atoms with Gasteiger partial charge in [-0.2, -0.15) is 5.26 Å². The van der Waals surface area contributed by atoms with Crippen molar-refractivity contribution in [1.29, 1.82) is 5.26 Å². The summed E-state index contributed by atoms with van der Waals surface area (Å²) in [5, 5.41) is 14.5. The summed E-state index contributed by atoms with van der Waals surface area (Å²) < 4.78 is 0. The molecule has 3 aromatic rings. The lowest BCUT2D eigenvalue weighted by molar-refractivity contribution is -0.122. The van der Waals surface area contributed by atoms with E-state index in [0.29, 0.717) is 27.9 Å². The van der Waals surface area contributed by atoms with Crippen LogP contribution in [0.5, 0.6) is 0 Å². The normalized spacial score (nSPS) is 18.2. The van der Waals surface area contributed by atoms with Gasteiger partial charge in [-0.25, -0.2) is 4.99 Å². The lowest BCUT2D eigenvalue weighted by atomic mass is 10.1. The largest absolute Gasteiger partial charge is 0.382 e. The Morgan fingerprint density at radius 2 is 1.78 bits per heavy atom. The molecule has 0 aromatic heterocycles. The van der Waals surface area contributed by atoms with Crippen molar-refractivity contribution >= 4 is 51.7 Å². The Morgan fingerprint density at radius 3 is 2.50 bits per heavy atom. The SMILES string of the molecule is CC(C)Nc1ccc(N=C2S/C(=C3/Sc4ccccc4N3C)C(=O)N2Cc2ccccc2)cc1C#N. The molecule has 180 valence electrons. The van der Waals surface area contributed by atoms with Gasteiger partial charge in [0, 0.05) is 18.0 Å². The molecule has 3 aromatic carbocycles. The molecular formula is C28H25N5OS2. The smallest absolute Gasteiger partial charge is 0.269 e. The summed E-state index contributed by atoms with van der Waals surface area (Å²) in [4.78, 5) is 24.2. The zero-order chi connectivity index (χ0) is 25.2. The van der Waals surface area contributed by atoms with Crippen molar-refractivity contribution in [3.8, 4) is 6.07 Å². The van der Waals surface area contributed by atoms with Crippen molar-refractivity contribution in [1.82, 2.24) is 4.90 Å². The summed E-state index contributed by atoms with van der Waals surface area (Å²) in [5.41, 5.74) is 4.05. The van der Waals surface area contributed by atoms with E-state index in [-0.39, 0.29) is 11.9 Å². The molecule has 0 saturated carbocycles. The molecule has 2 heterocycles. The standard InChI is InChI=1S/C28H25N5OS2/c1-18(2)30-22-14-13-21(15-20(22)16-29)31-28-33(17-19-9-5-4-6-10-19)26(34)25(36-28)27-32(3)23-11-7-8-12-24(23)35-27/h4-15,18,30H,17H2,1-3H3/b27-25+,31-28?. The van der Waals surface area contributed by atoms with Crippen molar-refractivity contribution in [2.75, 3.05) is 17.3 Å². The van der Waals surface area contributed by atoms with E-state index >= 15 is 0 Å². The van der Waals surface area contributed by atoms with E-state index in [1.807, 2.05) is 75.5 Å². The quantitative estimate of drug-likeness (QED) is 0.392. The minimum absolute atomic E-state index is 0.0663. The topological polar surface area (TPSA) is 71.7 Å². The van der Waals surface area contributed by atoms with E-state index in [4.69, 9.17) is 4.99 Å². The lowest BCUT2D eigenvalue weighted by Crippen LogP contribution is -2.29. The fourth-order valence-electron chi connectivity index (χ4n) is 4.07. The van der Waals surface area contributed by atoms with Crippen LogP contribution in [0.1, 0.15) is 25.0 Å². The molecule has 1 fully saturated rings. The Bertz CT molecular complexity index is 1430. The second-order valence-corrected chi connectivity index (χ2v) is 10.8. The lowest BCUT2D eigenvalue weighted by Gasteiger charge is -2.17. The van der Waals surface area contributed by atoms with Crippen LogP contribution in [0.4, 0.5) is 17.1 Å². The molecule has 2 aliphatic heterocycles. The van der Waals surface area contributed by atoms with Gasteiger partial charge in [0.15, 0.2) is 5.17 Å². The van der Waals surface area contributed by atoms with Crippen molar-refractivity contribution in [2.24, 2.45) is 4.99 Å². The Labute approximate surface area is 219 Å². The Balaban J connectivity index is 1.54. The van der Waals surface area contributed by atoms with E-state index in [9.17, 15) is 10.1 Å². The first-order chi connectivity index (χ1) is 17.4. The number of anilines is 2. The number of amides is 1. The second kappa shape index (κ2) is 10.1. The predicted molar refractivity (Wildman–Crippen MR) is 149 cm³/mol. The number of rotatable bonds is 5. The van der Waals surface area contributed by atoms with Gasteiger partial charge < -0.3 is 10.2 Å². The second-order valence-electron chi connectivity index (χ2n) is 8.78. The molecule has 2 aliphatic rings. The number of carbonyl (C=O) groups excluding carboxylic acids is 1. The number of para-hydroxylation sites is 1. The summed E-state index contributed by atoms with van der Waals surface area (Å²) >= 11 is 2.99. The van der Waals surface area contributed by atoms with Crippen molar-refractivity contribution in [3.05, 3.63) is 93.9 Å². The maximum atomic E-state index is 13.8. The van der Waals surface area contributed by atoms with Gasteiger partial charge in [-0.05, 0) is 61.5 Å². The van der Waals surface area contributed by atoms with Gasteiger partial charge >= 0.3 is 0 Å². The molecule has 0 unspecified atom stereocenters. The van der Waals surface area contributed by atoms with Crippen molar-refractivity contribution in [2.45, 2.75) is 31.3 Å². The first-order valence-corrected chi connectivity index (χ1v) is 13.3. The summed E-state index contributed by atoms with van der Waals surface area (Å²) in [5.74, 6) is -0.0663. The van der Waals surface area contributed by atoms with Gasteiger partial charge in [0.1, 0.15) is 11.0 Å². The first-order valence-electron chi connectivity index (χ1n) is 11.6. The Morgan fingerprint density at radius 1 is 1.03 bits per heavy atom. The number of amidine groups is 1. The molecule has 0 spiro atoms. The number of fused-ring (bicyclic) bond motifs is 1. The van der Waals surface area contributed by atoms with E-state index in [2.05, 4.69) is 28.4 Å². The third kappa shape index (κ3) is 4.72. The van der Waals surface area contributed by atoms with Crippen LogP contribution in [0.3, 0.4) is 0 Å². The average molecular weight is 512 g/mol. The van der Waals surface area contributed by atoms with Crippen LogP contribution >= 0.6 is 23.5 Å². The van der Waals surface area contributed by atoms with Crippen LogP contribution in [-0.2, 0) is 11.3 Å². The number of carbonyl (C=O) groups is 1. The van der Waals surface area contributed by atoms with Crippen molar-refractivity contribution in [3.63, 3.8) is 0 Å². The molecule has 1 saturated heterocycles. The van der Waals surface area contributed by atoms with Crippen LogP contribution < -0.4 is 10.2 Å². The zero-order valence-electron chi connectivity index (χ0n) is 20.2. The number of hydrogen-bond acceptors (Lipinski definition) is 7. The van der Waals surface area contributed by atoms with Crippen LogP contribution in [0.2, 0.25) is 0 Å². The first kappa shape index (κ1) is 24.0. The molecular weight excluding hydrogens is 486 g/mol. The van der Waals surface area contributed by atoms with E-state index in [0.717, 1.165) is 26.9 Å². The van der Waals surface area contributed by atoms with Gasteiger partial charge in [0.2, 0.25) is 0 Å². The molecule has 5 rings (SSSR count). The summed E-state index contributed by atoms with van der Waals surface area (Å²) in [7, 11) is 1.99. The highest BCUT2D eigenvalue weighted by atomic mass is 32.2. The number of nitriles is 1. The van der Waals surface area contributed by atoms with Gasteiger partial charge in [0.05, 0.1) is 34.2 Å². The molecule has 0 aliphatic carbocycles. The third-order valence-electron chi connectivity index (χ3n) is 5.77. The fourth-order valence-corrected chi connectivity index (χ4v) is 6.41. The molecule has 6 nitrogen and oxygen atoms in total. The number of thioether (sulfide) groups is 2. The van der Waals surface area contributed by atoms with Gasteiger partial charge in [-0.3, -0.25) is 9.69 Å². The molecule has 0 atom stereocenters. The maximum absolute atomic E-state index is 13.8. The molecule has 1 amide bonds. The average Bonchev–Trinajstić information content (AvgIpc) is 3.37. The highest BCUT2D eigenvalue weighted by Gasteiger charge is 2.39. The number of benzene rings is 3. The van der Waals surface area contributed by atoms with Gasteiger partial charge in [-0.15, -0.1) is 0 Å². The zero-order valence-corrected chi connectivity index (χ0v) is 21.9. The minimum atomic E-state index is -0.0663. The minimum Gasteiger partial charge on any atom is -0.382 e. The van der Waals surface area contributed by atoms with Crippen molar-refractivity contribution < 1.29 is 4.79 Å². The van der Waals surface area contributed by atoms with Crippen LogP contribution in [-0.4, -0.2) is 29.1 Å². The van der Waals surface area contributed by atoms with Gasteiger partial charge in [-0.1, -0.05) is 54.2 Å². The van der Waals surface area contributed by atoms with E-state index in [1.54, 1.807) is 22.7 Å². The predicted octanol–water partition coefficient (Wildman–Crippen LogP) is 6.55. The molecule has 8 heteroatoms. The summed E-state index contributed by atoms with van der Waals surface area (Å²) in [6.45, 7) is 4.48. The molecule has 0 bridgehead atoms. The number of aliphatic imine (C=N–C) groups is 1. The Kier molecular flexibility index (Phi) is 6.77. The highest BCUT2D eigenvalue weighted by Crippen LogP contribution is 2.50. The molecule has 0 radical (unpaired) electrons. The summed E-state index contributed by atoms with van der Waals surface area (Å²) in [6, 6.07) is 26.0. The maximum Gasteiger partial charge on any atom is 0.269 e. The van der Waals surface area contributed by atoms with Crippen LogP contribution in [0.15, 0.2) is 92.6 Å². The highest BCUT2D eigenvalue weighted by molar-refractivity contribution is 8.19. The number of nitrogens with one attached hydrogen (secondary N) is 1. The number of nitrogens with zero attached hydrogens (tertiary/aromatic N) is 4. The van der Waals surface area contributed by atoms with E-state index in [1.165, 1.54) is 11.8 Å².